The van der Waals surface area contributed by atoms with Crippen molar-refractivity contribution in [2.45, 2.75) is 58.9 Å². The van der Waals surface area contributed by atoms with Crippen LogP contribution in [0.4, 0.5) is 0 Å². The highest BCUT2D eigenvalue weighted by molar-refractivity contribution is 7.16. The van der Waals surface area contributed by atoms with Crippen LogP contribution in [0.15, 0.2) is 23.2 Å². The molecule has 5 heteroatoms. The summed E-state index contributed by atoms with van der Waals surface area (Å²) in [4.78, 5) is 17.9. The summed E-state index contributed by atoms with van der Waals surface area (Å²) in [5, 5.41) is 0. The first-order chi connectivity index (χ1) is 11.7. The molecule has 130 valence electrons. The molecule has 0 spiro atoms. The number of fused-ring (bicyclic) bond motifs is 1. The van der Waals surface area contributed by atoms with E-state index in [1.165, 1.54) is 6.42 Å². The molecule has 1 saturated carbocycles. The summed E-state index contributed by atoms with van der Waals surface area (Å²) < 4.78 is 8.91. The van der Waals surface area contributed by atoms with Gasteiger partial charge in [-0.15, -0.1) is 0 Å². The molecule has 1 heterocycles. The third-order valence-corrected chi connectivity index (χ3v) is 5.61. The molecule has 1 amide bonds. The molecule has 2 aromatic rings. The third-order valence-electron chi connectivity index (χ3n) is 4.57. The Morgan fingerprint density at radius 1 is 1.29 bits per heavy atom. The molecule has 1 aliphatic rings. The van der Waals surface area contributed by atoms with Crippen LogP contribution in [0.5, 0.6) is 5.75 Å². The van der Waals surface area contributed by atoms with Crippen molar-refractivity contribution in [2.24, 2.45) is 10.9 Å². The summed E-state index contributed by atoms with van der Waals surface area (Å²) in [6.45, 7) is 5.67. The Kier molecular flexibility index (Phi) is 5.72. The van der Waals surface area contributed by atoms with Crippen molar-refractivity contribution in [3.8, 4) is 5.75 Å². The van der Waals surface area contributed by atoms with Crippen LogP contribution >= 0.6 is 11.3 Å². The fourth-order valence-corrected chi connectivity index (χ4v) is 4.46. The van der Waals surface area contributed by atoms with Crippen molar-refractivity contribution in [3.63, 3.8) is 0 Å². The maximum absolute atomic E-state index is 12.6. The van der Waals surface area contributed by atoms with Gasteiger partial charge in [-0.05, 0) is 44.4 Å². The molecule has 3 rings (SSSR count). The first kappa shape index (κ1) is 17.2. The van der Waals surface area contributed by atoms with Gasteiger partial charge in [0.2, 0.25) is 0 Å². The smallest absolute Gasteiger partial charge is 0.251 e. The minimum Gasteiger partial charge on any atom is -0.494 e. The van der Waals surface area contributed by atoms with Gasteiger partial charge in [0, 0.05) is 12.5 Å². The van der Waals surface area contributed by atoms with E-state index in [0.29, 0.717) is 6.61 Å². The molecule has 0 N–H and O–H groups in total. The van der Waals surface area contributed by atoms with Crippen molar-refractivity contribution in [3.05, 3.63) is 23.0 Å². The summed E-state index contributed by atoms with van der Waals surface area (Å²) in [6.07, 6.45) is 6.58. The molecule has 1 aromatic carbocycles. The van der Waals surface area contributed by atoms with Crippen molar-refractivity contribution in [2.75, 3.05) is 6.61 Å². The van der Waals surface area contributed by atoms with Crippen LogP contribution in [0.1, 0.15) is 52.4 Å². The predicted octanol–water partition coefficient (Wildman–Crippen LogP) is 4.52. The molecule has 0 saturated heterocycles. The molecule has 0 aliphatic heterocycles. The van der Waals surface area contributed by atoms with Crippen molar-refractivity contribution in [1.82, 2.24) is 4.57 Å². The van der Waals surface area contributed by atoms with E-state index in [9.17, 15) is 4.79 Å². The van der Waals surface area contributed by atoms with E-state index >= 15 is 0 Å². The van der Waals surface area contributed by atoms with Gasteiger partial charge in [0.1, 0.15) is 5.75 Å². The Morgan fingerprint density at radius 3 is 2.79 bits per heavy atom. The second-order valence-electron chi connectivity index (χ2n) is 6.38. The van der Waals surface area contributed by atoms with Crippen LogP contribution < -0.4 is 9.54 Å². The highest BCUT2D eigenvalue weighted by Gasteiger charge is 2.21. The van der Waals surface area contributed by atoms with Crippen LogP contribution in [-0.4, -0.2) is 17.1 Å². The van der Waals surface area contributed by atoms with Gasteiger partial charge in [-0.3, -0.25) is 4.79 Å². The number of benzene rings is 1. The molecule has 24 heavy (non-hydrogen) atoms. The molecule has 0 unspecified atom stereocenters. The molecule has 0 bridgehead atoms. The highest BCUT2D eigenvalue weighted by atomic mass is 32.1. The summed E-state index contributed by atoms with van der Waals surface area (Å²) in [5.41, 5.74) is 1.14. The van der Waals surface area contributed by atoms with Gasteiger partial charge in [-0.2, -0.15) is 4.99 Å². The van der Waals surface area contributed by atoms with Gasteiger partial charge >= 0.3 is 0 Å². The average molecular weight is 346 g/mol. The number of thiazole rings is 1. The standard InChI is InChI=1S/C19H26N2O2S/c1-3-12-21-16-11-10-15(23-4-2)13-17(16)24-19(21)20-18(22)14-8-6-5-7-9-14/h10-11,13-14H,3-9,12H2,1-2H3. The Bertz CT molecular complexity index is 769. The maximum Gasteiger partial charge on any atom is 0.251 e. The predicted molar refractivity (Wildman–Crippen MR) is 98.4 cm³/mol. The zero-order valence-corrected chi connectivity index (χ0v) is 15.4. The number of hydrogen-bond acceptors (Lipinski definition) is 3. The van der Waals surface area contributed by atoms with E-state index in [0.717, 1.165) is 59.4 Å². The molecule has 0 radical (unpaired) electrons. The van der Waals surface area contributed by atoms with Crippen LogP contribution in [0.2, 0.25) is 0 Å². The van der Waals surface area contributed by atoms with E-state index < -0.39 is 0 Å². The van der Waals surface area contributed by atoms with Crippen molar-refractivity contribution >= 4 is 27.5 Å². The van der Waals surface area contributed by atoms with Gasteiger partial charge in [0.05, 0.1) is 16.8 Å². The molecule has 4 nitrogen and oxygen atoms in total. The maximum atomic E-state index is 12.6. The Hall–Kier alpha value is -1.62. The van der Waals surface area contributed by atoms with Crippen LogP contribution in [-0.2, 0) is 11.3 Å². The minimum absolute atomic E-state index is 0.0659. The van der Waals surface area contributed by atoms with Gasteiger partial charge in [-0.25, -0.2) is 0 Å². The number of ether oxygens (including phenoxy) is 1. The Balaban J connectivity index is 1.99. The number of carbonyl (C=O) groups excluding carboxylic acids is 1. The average Bonchev–Trinajstić information content (AvgIpc) is 2.93. The van der Waals surface area contributed by atoms with Crippen molar-refractivity contribution < 1.29 is 9.53 Å². The lowest BCUT2D eigenvalue weighted by atomic mass is 9.89. The quantitative estimate of drug-likeness (QED) is 0.799. The number of hydrogen-bond donors (Lipinski definition) is 0. The third kappa shape index (κ3) is 3.72. The summed E-state index contributed by atoms with van der Waals surface area (Å²) in [7, 11) is 0. The second kappa shape index (κ2) is 7.97. The molecule has 1 aromatic heterocycles. The monoisotopic (exact) mass is 346 g/mol. The number of aryl methyl sites for hydroxylation is 1. The zero-order chi connectivity index (χ0) is 16.9. The second-order valence-corrected chi connectivity index (χ2v) is 7.39. The number of aromatic nitrogens is 1. The molecule has 1 aliphatic carbocycles. The Labute approximate surface area is 147 Å². The molecular weight excluding hydrogens is 320 g/mol. The summed E-state index contributed by atoms with van der Waals surface area (Å²) in [6, 6.07) is 6.13. The minimum atomic E-state index is 0.0659. The zero-order valence-electron chi connectivity index (χ0n) is 14.6. The molecule has 1 fully saturated rings. The highest BCUT2D eigenvalue weighted by Crippen LogP contribution is 2.26. The SMILES string of the molecule is CCCn1c(=NC(=O)C2CCCCC2)sc2cc(OCC)ccc21. The number of nitrogens with zero attached hydrogens (tertiary/aromatic N) is 2. The van der Waals surface area contributed by atoms with Crippen LogP contribution in [0.25, 0.3) is 10.2 Å². The lowest BCUT2D eigenvalue weighted by Gasteiger charge is -2.17. The number of rotatable bonds is 5. The first-order valence-corrected chi connectivity index (χ1v) is 9.89. The van der Waals surface area contributed by atoms with E-state index in [-0.39, 0.29) is 11.8 Å². The van der Waals surface area contributed by atoms with E-state index in [2.05, 4.69) is 28.6 Å². The van der Waals surface area contributed by atoms with Crippen molar-refractivity contribution in [1.29, 1.82) is 0 Å². The molecule has 0 atom stereocenters. The Morgan fingerprint density at radius 2 is 2.08 bits per heavy atom. The first-order valence-electron chi connectivity index (χ1n) is 9.07. The van der Waals surface area contributed by atoms with Crippen LogP contribution in [0, 0.1) is 5.92 Å². The van der Waals surface area contributed by atoms with Gasteiger partial charge in [0.15, 0.2) is 4.80 Å². The van der Waals surface area contributed by atoms with Gasteiger partial charge < -0.3 is 9.30 Å². The number of amides is 1. The van der Waals surface area contributed by atoms with E-state index in [1.807, 2.05) is 13.0 Å². The van der Waals surface area contributed by atoms with Crippen LogP contribution in [0.3, 0.4) is 0 Å². The fraction of sp³-hybridized carbons (Fsp3) is 0.579. The molecular formula is C19H26N2O2S. The lowest BCUT2D eigenvalue weighted by molar-refractivity contribution is -0.122. The van der Waals surface area contributed by atoms with Gasteiger partial charge in [0.25, 0.3) is 5.91 Å². The number of carbonyl (C=O) groups is 1. The largest absolute Gasteiger partial charge is 0.494 e. The van der Waals surface area contributed by atoms with E-state index in [1.54, 1.807) is 11.3 Å². The normalized spacial score (nSPS) is 16.7. The topological polar surface area (TPSA) is 43.6 Å². The fourth-order valence-electron chi connectivity index (χ4n) is 3.37. The lowest BCUT2D eigenvalue weighted by Crippen LogP contribution is -2.21. The summed E-state index contributed by atoms with van der Waals surface area (Å²) >= 11 is 1.59. The summed E-state index contributed by atoms with van der Waals surface area (Å²) in [5.74, 6) is 1.06. The van der Waals surface area contributed by atoms with Gasteiger partial charge in [-0.1, -0.05) is 37.5 Å². The van der Waals surface area contributed by atoms with E-state index in [4.69, 9.17) is 4.74 Å².